The summed E-state index contributed by atoms with van der Waals surface area (Å²) in [6, 6.07) is 14.8. The van der Waals surface area contributed by atoms with Gasteiger partial charge in [0, 0.05) is 18.7 Å². The van der Waals surface area contributed by atoms with E-state index in [0.29, 0.717) is 22.9 Å². The predicted octanol–water partition coefficient (Wildman–Crippen LogP) is 3.65. The maximum atomic E-state index is 12.7. The van der Waals surface area contributed by atoms with Gasteiger partial charge in [-0.2, -0.15) is 0 Å². The van der Waals surface area contributed by atoms with Crippen LogP contribution in [0.3, 0.4) is 0 Å². The van der Waals surface area contributed by atoms with E-state index >= 15 is 0 Å². The minimum absolute atomic E-state index is 0.138. The lowest BCUT2D eigenvalue weighted by atomic mass is 10.0. The molecule has 1 aromatic heterocycles. The molecule has 6 nitrogen and oxygen atoms in total. The standard InChI is InChI=1S/C22H23N3O3/c1-15-7-6-12-25(13-15)20(26)14-28-22(27)17-9-3-2-8-16(17)21-23-18-10-4-5-11-19(18)24-21/h2-5,8-11,15H,6-7,12-14H2,1H3,(H,23,24). The highest BCUT2D eigenvalue weighted by atomic mass is 16.5. The van der Waals surface area contributed by atoms with Gasteiger partial charge in [-0.15, -0.1) is 0 Å². The van der Waals surface area contributed by atoms with Crippen molar-refractivity contribution in [2.75, 3.05) is 19.7 Å². The second-order valence-corrected chi connectivity index (χ2v) is 7.31. The lowest BCUT2D eigenvalue weighted by Crippen LogP contribution is -2.41. The number of hydrogen-bond donors (Lipinski definition) is 1. The van der Waals surface area contributed by atoms with Crippen molar-refractivity contribution in [3.63, 3.8) is 0 Å². The number of para-hydroxylation sites is 2. The molecule has 2 heterocycles. The van der Waals surface area contributed by atoms with Crippen molar-refractivity contribution >= 4 is 22.9 Å². The van der Waals surface area contributed by atoms with Crippen LogP contribution in [0.5, 0.6) is 0 Å². The number of imidazole rings is 1. The van der Waals surface area contributed by atoms with Crippen LogP contribution in [0, 0.1) is 5.92 Å². The van der Waals surface area contributed by atoms with Crippen molar-refractivity contribution in [3.8, 4) is 11.4 Å². The summed E-state index contributed by atoms with van der Waals surface area (Å²) in [5.74, 6) is 0.433. The van der Waals surface area contributed by atoms with Crippen LogP contribution in [0.2, 0.25) is 0 Å². The number of esters is 1. The van der Waals surface area contributed by atoms with Crippen LogP contribution in [0.1, 0.15) is 30.1 Å². The van der Waals surface area contributed by atoms with Crippen molar-refractivity contribution < 1.29 is 14.3 Å². The first-order valence-corrected chi connectivity index (χ1v) is 9.61. The Hall–Kier alpha value is -3.15. The van der Waals surface area contributed by atoms with Gasteiger partial charge in [0.1, 0.15) is 5.82 Å². The molecule has 1 unspecified atom stereocenters. The predicted molar refractivity (Wildman–Crippen MR) is 107 cm³/mol. The Kier molecular flexibility index (Phi) is 5.10. The molecular weight excluding hydrogens is 354 g/mol. The highest BCUT2D eigenvalue weighted by Crippen LogP contribution is 2.24. The summed E-state index contributed by atoms with van der Waals surface area (Å²) < 4.78 is 5.34. The normalized spacial score (nSPS) is 16.9. The molecule has 1 aliphatic rings. The SMILES string of the molecule is CC1CCCN(C(=O)COC(=O)c2ccccc2-c2nc3ccccc3[nH]2)C1. The smallest absolute Gasteiger partial charge is 0.339 e. The third-order valence-electron chi connectivity index (χ3n) is 5.13. The van der Waals surface area contributed by atoms with Gasteiger partial charge in [-0.05, 0) is 37.0 Å². The Morgan fingerprint density at radius 1 is 1.18 bits per heavy atom. The number of ether oxygens (including phenoxy) is 1. The second kappa shape index (κ2) is 7.84. The Morgan fingerprint density at radius 3 is 2.79 bits per heavy atom. The van der Waals surface area contributed by atoms with E-state index in [2.05, 4.69) is 16.9 Å². The van der Waals surface area contributed by atoms with Crippen LogP contribution in [-0.2, 0) is 9.53 Å². The zero-order chi connectivity index (χ0) is 19.5. The summed E-state index contributed by atoms with van der Waals surface area (Å²) in [7, 11) is 0. The van der Waals surface area contributed by atoms with Crippen LogP contribution in [0.4, 0.5) is 0 Å². The molecule has 0 saturated carbocycles. The van der Waals surface area contributed by atoms with Crippen molar-refractivity contribution in [2.45, 2.75) is 19.8 Å². The molecule has 1 atom stereocenters. The van der Waals surface area contributed by atoms with E-state index < -0.39 is 5.97 Å². The summed E-state index contributed by atoms with van der Waals surface area (Å²) >= 11 is 0. The van der Waals surface area contributed by atoms with E-state index in [-0.39, 0.29) is 12.5 Å². The molecule has 4 rings (SSSR count). The third kappa shape index (κ3) is 3.76. The van der Waals surface area contributed by atoms with Gasteiger partial charge in [-0.3, -0.25) is 4.79 Å². The van der Waals surface area contributed by atoms with Gasteiger partial charge in [0.2, 0.25) is 0 Å². The number of nitrogens with zero attached hydrogens (tertiary/aromatic N) is 2. The number of carbonyl (C=O) groups is 2. The minimum atomic E-state index is -0.519. The van der Waals surface area contributed by atoms with E-state index in [9.17, 15) is 9.59 Å². The van der Waals surface area contributed by atoms with Gasteiger partial charge < -0.3 is 14.6 Å². The summed E-state index contributed by atoms with van der Waals surface area (Å²) in [6.07, 6.45) is 2.13. The van der Waals surface area contributed by atoms with E-state index in [0.717, 1.165) is 37.0 Å². The van der Waals surface area contributed by atoms with Crippen LogP contribution < -0.4 is 0 Å². The zero-order valence-corrected chi connectivity index (χ0v) is 15.9. The fourth-order valence-corrected chi connectivity index (χ4v) is 3.66. The van der Waals surface area contributed by atoms with Crippen LogP contribution in [0.25, 0.3) is 22.4 Å². The highest BCUT2D eigenvalue weighted by Gasteiger charge is 2.23. The highest BCUT2D eigenvalue weighted by molar-refractivity contribution is 5.98. The van der Waals surface area contributed by atoms with Crippen LogP contribution >= 0.6 is 0 Å². The Bertz CT molecular complexity index is 978. The summed E-state index contributed by atoms with van der Waals surface area (Å²) in [5, 5.41) is 0. The fourth-order valence-electron chi connectivity index (χ4n) is 3.66. The molecule has 1 aliphatic heterocycles. The summed E-state index contributed by atoms with van der Waals surface area (Å²) in [5.41, 5.74) is 2.77. The number of aromatic nitrogens is 2. The molecule has 0 bridgehead atoms. The first kappa shape index (κ1) is 18.2. The maximum absolute atomic E-state index is 12.7. The monoisotopic (exact) mass is 377 g/mol. The number of hydrogen-bond acceptors (Lipinski definition) is 4. The molecule has 144 valence electrons. The lowest BCUT2D eigenvalue weighted by molar-refractivity contribution is -0.136. The molecule has 0 spiro atoms. The number of rotatable bonds is 4. The number of benzene rings is 2. The topological polar surface area (TPSA) is 75.3 Å². The number of piperidine rings is 1. The number of aromatic amines is 1. The zero-order valence-electron chi connectivity index (χ0n) is 15.9. The molecule has 1 saturated heterocycles. The largest absolute Gasteiger partial charge is 0.452 e. The molecular formula is C22H23N3O3. The molecule has 1 fully saturated rings. The van der Waals surface area contributed by atoms with Gasteiger partial charge in [0.15, 0.2) is 6.61 Å². The van der Waals surface area contributed by atoms with Gasteiger partial charge in [0.25, 0.3) is 5.91 Å². The molecule has 0 aliphatic carbocycles. The molecule has 6 heteroatoms. The first-order valence-electron chi connectivity index (χ1n) is 9.61. The lowest BCUT2D eigenvalue weighted by Gasteiger charge is -2.30. The molecule has 0 radical (unpaired) electrons. The fraction of sp³-hybridized carbons (Fsp3) is 0.318. The average Bonchev–Trinajstić information content (AvgIpc) is 3.16. The molecule has 1 N–H and O–H groups in total. The molecule has 1 amide bonds. The Morgan fingerprint density at radius 2 is 1.96 bits per heavy atom. The second-order valence-electron chi connectivity index (χ2n) is 7.31. The van der Waals surface area contributed by atoms with E-state index in [4.69, 9.17) is 4.74 Å². The van der Waals surface area contributed by atoms with Gasteiger partial charge in [-0.25, -0.2) is 9.78 Å². The van der Waals surface area contributed by atoms with Gasteiger partial charge >= 0.3 is 5.97 Å². The van der Waals surface area contributed by atoms with E-state index in [1.54, 1.807) is 17.0 Å². The number of carbonyl (C=O) groups excluding carboxylic acids is 2. The van der Waals surface area contributed by atoms with Crippen molar-refractivity contribution in [3.05, 3.63) is 54.1 Å². The van der Waals surface area contributed by atoms with Gasteiger partial charge in [-0.1, -0.05) is 37.3 Å². The summed E-state index contributed by atoms with van der Waals surface area (Å²) in [6.45, 7) is 3.36. The molecule has 28 heavy (non-hydrogen) atoms. The average molecular weight is 377 g/mol. The van der Waals surface area contributed by atoms with Gasteiger partial charge in [0.05, 0.1) is 16.6 Å². The first-order chi connectivity index (χ1) is 13.6. The summed E-state index contributed by atoms with van der Waals surface area (Å²) in [4.78, 5) is 34.6. The number of likely N-dealkylation sites (tertiary alicyclic amines) is 1. The van der Waals surface area contributed by atoms with E-state index in [1.807, 2.05) is 36.4 Å². The minimum Gasteiger partial charge on any atom is -0.452 e. The van der Waals surface area contributed by atoms with Crippen LogP contribution in [0.15, 0.2) is 48.5 Å². The van der Waals surface area contributed by atoms with Crippen molar-refractivity contribution in [1.29, 1.82) is 0 Å². The quantitative estimate of drug-likeness (QED) is 0.704. The number of amides is 1. The van der Waals surface area contributed by atoms with Crippen molar-refractivity contribution in [1.82, 2.24) is 14.9 Å². The van der Waals surface area contributed by atoms with Crippen LogP contribution in [-0.4, -0.2) is 46.4 Å². The van der Waals surface area contributed by atoms with E-state index in [1.165, 1.54) is 0 Å². The third-order valence-corrected chi connectivity index (χ3v) is 5.13. The maximum Gasteiger partial charge on any atom is 0.339 e. The number of H-pyrrole nitrogens is 1. The molecule has 3 aromatic rings. The van der Waals surface area contributed by atoms with Crippen molar-refractivity contribution in [2.24, 2.45) is 5.92 Å². The molecule has 2 aromatic carbocycles. The Balaban J connectivity index is 1.50. The number of nitrogens with one attached hydrogen (secondary N) is 1. The number of fused-ring (bicyclic) bond motifs is 1. The Labute approximate surface area is 163 Å².